The minimum Gasteiger partial charge on any atom is -0.399 e. The number of rotatable bonds is 2. The number of hydrogen-bond acceptors (Lipinski definition) is 2. The number of aryl methyl sites for hydroxylation is 2. The Labute approximate surface area is 119 Å². The first-order valence-electron chi connectivity index (χ1n) is 6.87. The second-order valence-electron chi connectivity index (χ2n) is 5.31. The van der Waals surface area contributed by atoms with Crippen molar-refractivity contribution in [3.63, 3.8) is 0 Å². The van der Waals surface area contributed by atoms with E-state index in [4.69, 9.17) is 5.73 Å². The van der Waals surface area contributed by atoms with Crippen LogP contribution in [0.4, 0.5) is 5.69 Å². The van der Waals surface area contributed by atoms with Crippen LogP contribution in [0.2, 0.25) is 0 Å². The third-order valence-corrected chi connectivity index (χ3v) is 3.92. The summed E-state index contributed by atoms with van der Waals surface area (Å²) in [5.41, 5.74) is 11.3. The zero-order chi connectivity index (χ0) is 14.3. The van der Waals surface area contributed by atoms with Gasteiger partial charge in [0.05, 0.1) is 17.1 Å². The third-order valence-electron chi connectivity index (χ3n) is 3.92. The maximum Gasteiger partial charge on any atom is 0.107 e. The zero-order valence-electron chi connectivity index (χ0n) is 12.1. The summed E-state index contributed by atoms with van der Waals surface area (Å²) in [5, 5.41) is 0. The number of nitrogens with zero attached hydrogens (tertiary/aromatic N) is 2. The van der Waals surface area contributed by atoms with E-state index < -0.39 is 0 Å². The summed E-state index contributed by atoms with van der Waals surface area (Å²) < 4.78 is 2.27. The Morgan fingerprint density at radius 3 is 2.60 bits per heavy atom. The third kappa shape index (κ3) is 1.95. The highest BCUT2D eigenvalue weighted by Gasteiger charge is 2.16. The quantitative estimate of drug-likeness (QED) is 0.715. The topological polar surface area (TPSA) is 43.8 Å². The van der Waals surface area contributed by atoms with Crippen molar-refractivity contribution in [1.29, 1.82) is 0 Å². The normalized spacial score (nSPS) is 12.8. The number of hydrogen-bond donors (Lipinski definition) is 1. The highest BCUT2D eigenvalue weighted by molar-refractivity contribution is 5.80. The first-order valence-corrected chi connectivity index (χ1v) is 6.87. The summed E-state index contributed by atoms with van der Waals surface area (Å²) in [7, 11) is 0. The van der Waals surface area contributed by atoms with Crippen LogP contribution in [-0.2, 0) is 0 Å². The average molecular weight is 265 g/mol. The SMILES string of the molecule is Cc1ccccc1C(C)n1c(C)nc2cc(N)ccc21. The molecule has 3 aromatic rings. The predicted molar refractivity (Wildman–Crippen MR) is 83.9 cm³/mol. The van der Waals surface area contributed by atoms with Gasteiger partial charge < -0.3 is 10.3 Å². The molecule has 2 aromatic carbocycles. The van der Waals surface area contributed by atoms with Crippen LogP contribution in [0.1, 0.15) is 29.9 Å². The number of benzene rings is 2. The molecule has 0 bridgehead atoms. The van der Waals surface area contributed by atoms with Crippen molar-refractivity contribution in [3.8, 4) is 0 Å². The molecule has 20 heavy (non-hydrogen) atoms. The highest BCUT2D eigenvalue weighted by Crippen LogP contribution is 2.28. The Kier molecular flexibility index (Phi) is 2.97. The fraction of sp³-hybridized carbons (Fsp3) is 0.235. The van der Waals surface area contributed by atoms with Gasteiger partial charge in [-0.3, -0.25) is 0 Å². The van der Waals surface area contributed by atoms with E-state index in [1.807, 2.05) is 19.1 Å². The van der Waals surface area contributed by atoms with E-state index in [0.29, 0.717) is 0 Å². The van der Waals surface area contributed by atoms with Crippen molar-refractivity contribution in [3.05, 3.63) is 59.4 Å². The van der Waals surface area contributed by atoms with Gasteiger partial charge in [-0.15, -0.1) is 0 Å². The van der Waals surface area contributed by atoms with E-state index >= 15 is 0 Å². The lowest BCUT2D eigenvalue weighted by molar-refractivity contribution is 0.634. The van der Waals surface area contributed by atoms with E-state index in [9.17, 15) is 0 Å². The predicted octanol–water partition coefficient (Wildman–Crippen LogP) is 3.84. The Morgan fingerprint density at radius 1 is 1.10 bits per heavy atom. The van der Waals surface area contributed by atoms with Gasteiger partial charge in [0.25, 0.3) is 0 Å². The molecule has 0 spiro atoms. The van der Waals surface area contributed by atoms with Crippen molar-refractivity contribution in [2.45, 2.75) is 26.8 Å². The van der Waals surface area contributed by atoms with Gasteiger partial charge in [0.2, 0.25) is 0 Å². The van der Waals surface area contributed by atoms with Crippen LogP contribution in [-0.4, -0.2) is 9.55 Å². The van der Waals surface area contributed by atoms with Gasteiger partial charge in [-0.1, -0.05) is 24.3 Å². The number of nitrogens with two attached hydrogens (primary N) is 1. The van der Waals surface area contributed by atoms with Crippen LogP contribution in [0, 0.1) is 13.8 Å². The van der Waals surface area contributed by atoms with Gasteiger partial charge in [0, 0.05) is 5.69 Å². The molecule has 1 heterocycles. The average Bonchev–Trinajstić information content (AvgIpc) is 2.73. The molecule has 0 saturated heterocycles. The van der Waals surface area contributed by atoms with Crippen LogP contribution in [0.25, 0.3) is 11.0 Å². The van der Waals surface area contributed by atoms with E-state index in [0.717, 1.165) is 22.5 Å². The summed E-state index contributed by atoms with van der Waals surface area (Å²) >= 11 is 0. The summed E-state index contributed by atoms with van der Waals surface area (Å²) in [6.07, 6.45) is 0. The Balaban J connectivity index is 2.19. The summed E-state index contributed by atoms with van der Waals surface area (Å²) in [6, 6.07) is 14.7. The molecule has 0 aliphatic heterocycles. The molecule has 2 N–H and O–H groups in total. The molecule has 1 unspecified atom stereocenters. The van der Waals surface area contributed by atoms with Crippen molar-refractivity contribution in [2.24, 2.45) is 0 Å². The molecule has 3 rings (SSSR count). The molecule has 3 nitrogen and oxygen atoms in total. The number of nitrogen functional groups attached to an aromatic ring is 1. The molecule has 3 heteroatoms. The van der Waals surface area contributed by atoms with Gasteiger partial charge in [0.1, 0.15) is 5.82 Å². The molecular weight excluding hydrogens is 246 g/mol. The fourth-order valence-corrected chi connectivity index (χ4v) is 2.92. The minimum atomic E-state index is 0.254. The van der Waals surface area contributed by atoms with Crippen LogP contribution in [0.15, 0.2) is 42.5 Å². The molecule has 1 atom stereocenters. The van der Waals surface area contributed by atoms with E-state index in [1.165, 1.54) is 11.1 Å². The largest absolute Gasteiger partial charge is 0.399 e. The molecule has 0 amide bonds. The van der Waals surface area contributed by atoms with Crippen LogP contribution in [0.5, 0.6) is 0 Å². The van der Waals surface area contributed by atoms with Gasteiger partial charge in [-0.25, -0.2) is 4.98 Å². The Bertz CT molecular complexity index is 771. The Hall–Kier alpha value is -2.29. The van der Waals surface area contributed by atoms with Crippen molar-refractivity contribution in [1.82, 2.24) is 9.55 Å². The Morgan fingerprint density at radius 2 is 1.85 bits per heavy atom. The first-order chi connectivity index (χ1) is 9.58. The summed E-state index contributed by atoms with van der Waals surface area (Å²) in [5.74, 6) is 1.02. The number of anilines is 1. The molecule has 0 fully saturated rings. The first kappa shape index (κ1) is 12.7. The summed E-state index contributed by atoms with van der Waals surface area (Å²) in [6.45, 7) is 6.41. The lowest BCUT2D eigenvalue weighted by Crippen LogP contribution is -2.09. The van der Waals surface area contributed by atoms with Crippen molar-refractivity contribution < 1.29 is 0 Å². The number of aromatic nitrogens is 2. The van der Waals surface area contributed by atoms with E-state index in [-0.39, 0.29) is 6.04 Å². The minimum absolute atomic E-state index is 0.254. The van der Waals surface area contributed by atoms with Gasteiger partial charge in [-0.2, -0.15) is 0 Å². The maximum atomic E-state index is 5.85. The van der Waals surface area contributed by atoms with Crippen molar-refractivity contribution in [2.75, 3.05) is 5.73 Å². The molecule has 102 valence electrons. The standard InChI is InChI=1S/C17H19N3/c1-11-6-4-5-7-15(11)12(2)20-13(3)19-16-10-14(18)8-9-17(16)20/h4-10,12H,18H2,1-3H3. The van der Waals surface area contributed by atoms with Gasteiger partial charge in [-0.05, 0) is 50.1 Å². The van der Waals surface area contributed by atoms with Crippen LogP contribution < -0.4 is 5.73 Å². The smallest absolute Gasteiger partial charge is 0.107 e. The lowest BCUT2D eigenvalue weighted by atomic mass is 10.0. The van der Waals surface area contributed by atoms with E-state index in [2.05, 4.69) is 53.7 Å². The molecule has 1 aromatic heterocycles. The van der Waals surface area contributed by atoms with Gasteiger partial charge >= 0.3 is 0 Å². The maximum absolute atomic E-state index is 5.85. The van der Waals surface area contributed by atoms with Gasteiger partial charge in [0.15, 0.2) is 0 Å². The second kappa shape index (κ2) is 4.67. The molecule has 0 saturated carbocycles. The van der Waals surface area contributed by atoms with Crippen LogP contribution >= 0.6 is 0 Å². The molecule has 0 aliphatic carbocycles. The molecule has 0 radical (unpaired) electrons. The number of fused-ring (bicyclic) bond motifs is 1. The monoisotopic (exact) mass is 265 g/mol. The molecule has 0 aliphatic rings. The lowest BCUT2D eigenvalue weighted by Gasteiger charge is -2.19. The fourth-order valence-electron chi connectivity index (χ4n) is 2.92. The van der Waals surface area contributed by atoms with Crippen molar-refractivity contribution >= 4 is 16.7 Å². The highest BCUT2D eigenvalue weighted by atomic mass is 15.1. The van der Waals surface area contributed by atoms with Crippen LogP contribution in [0.3, 0.4) is 0 Å². The zero-order valence-corrected chi connectivity index (χ0v) is 12.1. The number of imidazole rings is 1. The molecular formula is C17H19N3. The summed E-state index contributed by atoms with van der Waals surface area (Å²) in [4.78, 5) is 4.63. The second-order valence-corrected chi connectivity index (χ2v) is 5.31. The van der Waals surface area contributed by atoms with E-state index in [1.54, 1.807) is 0 Å².